The summed E-state index contributed by atoms with van der Waals surface area (Å²) in [6.07, 6.45) is 2.23. The van der Waals surface area contributed by atoms with Gasteiger partial charge in [-0.2, -0.15) is 0 Å². The molecule has 2 atom stereocenters. The minimum atomic E-state index is 0.0480. The Kier molecular flexibility index (Phi) is 6.48. The number of aliphatic hydroxyl groups is 1. The Hall–Kier alpha value is -0.430. The van der Waals surface area contributed by atoms with E-state index in [4.69, 9.17) is 4.74 Å². The molecule has 1 aromatic heterocycles. The van der Waals surface area contributed by atoms with E-state index in [1.165, 1.54) is 4.88 Å². The highest BCUT2D eigenvalue weighted by Gasteiger charge is 2.25. The molecule has 0 bridgehead atoms. The summed E-state index contributed by atoms with van der Waals surface area (Å²) in [6.45, 7) is 2.11. The van der Waals surface area contributed by atoms with E-state index >= 15 is 0 Å². The van der Waals surface area contributed by atoms with E-state index in [2.05, 4.69) is 21.2 Å². The van der Waals surface area contributed by atoms with Crippen LogP contribution in [0.4, 0.5) is 0 Å². The summed E-state index contributed by atoms with van der Waals surface area (Å²) < 4.78 is 6.40. The third-order valence-electron chi connectivity index (χ3n) is 3.65. The average Bonchev–Trinajstić information content (AvgIpc) is 3.09. The van der Waals surface area contributed by atoms with Crippen LogP contribution in [0.25, 0.3) is 0 Å². The number of hydrogen-bond acceptors (Lipinski definition) is 4. The van der Waals surface area contributed by atoms with Crippen molar-refractivity contribution in [3.8, 4) is 0 Å². The Morgan fingerprint density at radius 3 is 3.10 bits per heavy atom. The molecule has 0 saturated carbocycles. The van der Waals surface area contributed by atoms with Crippen molar-refractivity contribution in [2.75, 3.05) is 26.4 Å². The predicted molar refractivity (Wildman–Crippen MR) is 82.9 cm³/mol. The third-order valence-corrected chi connectivity index (χ3v) is 5.41. The maximum Gasteiger partial charge on any atom is 0.220 e. The number of carbonyl (C=O) groups is 1. The van der Waals surface area contributed by atoms with Gasteiger partial charge in [0.25, 0.3) is 0 Å². The van der Waals surface area contributed by atoms with Crippen molar-refractivity contribution in [2.24, 2.45) is 11.8 Å². The van der Waals surface area contributed by atoms with Crippen LogP contribution in [0.15, 0.2) is 15.9 Å². The molecule has 0 aliphatic carbocycles. The van der Waals surface area contributed by atoms with Crippen LogP contribution in [-0.2, 0) is 16.0 Å². The number of halogens is 1. The van der Waals surface area contributed by atoms with Crippen molar-refractivity contribution >= 4 is 33.2 Å². The Morgan fingerprint density at radius 1 is 1.65 bits per heavy atom. The molecule has 0 spiro atoms. The van der Waals surface area contributed by atoms with E-state index in [1.807, 2.05) is 11.4 Å². The lowest BCUT2D eigenvalue weighted by molar-refractivity contribution is -0.121. The van der Waals surface area contributed by atoms with Crippen molar-refractivity contribution < 1.29 is 14.6 Å². The first-order valence-electron chi connectivity index (χ1n) is 6.87. The summed E-state index contributed by atoms with van der Waals surface area (Å²) in [5.41, 5.74) is 0. The van der Waals surface area contributed by atoms with Gasteiger partial charge in [0, 0.05) is 53.4 Å². The van der Waals surface area contributed by atoms with Crippen molar-refractivity contribution in [3.05, 3.63) is 20.8 Å². The van der Waals surface area contributed by atoms with Gasteiger partial charge in [0.15, 0.2) is 0 Å². The monoisotopic (exact) mass is 361 g/mol. The Labute approximate surface area is 131 Å². The fourth-order valence-corrected chi connectivity index (χ4v) is 3.81. The molecule has 1 aliphatic heterocycles. The molecule has 0 radical (unpaired) electrons. The number of ether oxygens (including phenoxy) is 1. The Morgan fingerprint density at radius 2 is 2.50 bits per heavy atom. The molecule has 1 aromatic rings. The van der Waals surface area contributed by atoms with Crippen molar-refractivity contribution in [2.45, 2.75) is 19.3 Å². The molecule has 1 aliphatic rings. The first kappa shape index (κ1) is 15.9. The van der Waals surface area contributed by atoms with Gasteiger partial charge in [-0.3, -0.25) is 4.79 Å². The topological polar surface area (TPSA) is 58.6 Å². The molecule has 20 heavy (non-hydrogen) atoms. The van der Waals surface area contributed by atoms with Crippen LogP contribution >= 0.6 is 27.3 Å². The quantitative estimate of drug-likeness (QED) is 0.782. The molecule has 2 rings (SSSR count). The van der Waals surface area contributed by atoms with E-state index in [-0.39, 0.29) is 18.4 Å². The molecular formula is C14H20BrNO3S. The van der Waals surface area contributed by atoms with E-state index in [9.17, 15) is 9.90 Å². The van der Waals surface area contributed by atoms with E-state index in [0.717, 1.165) is 23.9 Å². The zero-order valence-electron chi connectivity index (χ0n) is 11.3. The van der Waals surface area contributed by atoms with Crippen LogP contribution in [0.5, 0.6) is 0 Å². The molecule has 0 aromatic carbocycles. The van der Waals surface area contributed by atoms with Crippen LogP contribution in [0.2, 0.25) is 0 Å². The second-order valence-electron chi connectivity index (χ2n) is 5.10. The number of aliphatic hydroxyl groups excluding tert-OH is 1. The molecule has 1 fully saturated rings. The third kappa shape index (κ3) is 4.84. The van der Waals surface area contributed by atoms with Gasteiger partial charge in [0.1, 0.15) is 0 Å². The number of nitrogens with one attached hydrogen (secondary N) is 1. The van der Waals surface area contributed by atoms with Gasteiger partial charge < -0.3 is 15.2 Å². The summed E-state index contributed by atoms with van der Waals surface area (Å²) in [5, 5.41) is 14.3. The number of rotatable bonds is 7. The van der Waals surface area contributed by atoms with Crippen LogP contribution in [0, 0.1) is 11.8 Å². The molecular weight excluding hydrogens is 342 g/mol. The highest BCUT2D eigenvalue weighted by molar-refractivity contribution is 9.10. The number of hydrogen-bond donors (Lipinski definition) is 2. The molecule has 6 heteroatoms. The summed E-state index contributed by atoms with van der Waals surface area (Å²) >= 11 is 5.06. The van der Waals surface area contributed by atoms with Crippen molar-refractivity contribution in [1.29, 1.82) is 0 Å². The highest BCUT2D eigenvalue weighted by atomic mass is 79.9. The largest absolute Gasteiger partial charge is 0.396 e. The van der Waals surface area contributed by atoms with Crippen LogP contribution in [0.1, 0.15) is 17.7 Å². The van der Waals surface area contributed by atoms with Crippen molar-refractivity contribution in [3.63, 3.8) is 0 Å². The molecule has 0 unspecified atom stereocenters. The Balaban J connectivity index is 1.68. The molecule has 2 N–H and O–H groups in total. The zero-order valence-corrected chi connectivity index (χ0v) is 13.7. The first-order chi connectivity index (χ1) is 9.69. The maximum absolute atomic E-state index is 11.8. The standard InChI is InChI=1S/C14H20BrNO3S/c15-12-5-13(20-9-12)1-2-14(18)16-6-11(7-17)10-3-4-19-8-10/h5,9-11,17H,1-4,6-8H2,(H,16,18)/t10-,11+/m1/s1. The minimum absolute atomic E-state index is 0.0480. The van der Waals surface area contributed by atoms with Gasteiger partial charge in [0.2, 0.25) is 5.91 Å². The smallest absolute Gasteiger partial charge is 0.220 e. The summed E-state index contributed by atoms with van der Waals surface area (Å²) in [5.74, 6) is 0.526. The van der Waals surface area contributed by atoms with E-state index in [1.54, 1.807) is 11.3 Å². The molecule has 4 nitrogen and oxygen atoms in total. The van der Waals surface area contributed by atoms with Gasteiger partial charge >= 0.3 is 0 Å². The normalized spacial score (nSPS) is 20.0. The number of thiophene rings is 1. The van der Waals surface area contributed by atoms with Crippen molar-refractivity contribution in [1.82, 2.24) is 5.32 Å². The molecule has 112 valence electrons. The van der Waals surface area contributed by atoms with Gasteiger partial charge in [0.05, 0.1) is 0 Å². The summed E-state index contributed by atoms with van der Waals surface area (Å²) in [7, 11) is 0. The lowest BCUT2D eigenvalue weighted by Crippen LogP contribution is -2.34. The number of amides is 1. The fraction of sp³-hybridized carbons (Fsp3) is 0.643. The lowest BCUT2D eigenvalue weighted by atomic mass is 9.92. The summed E-state index contributed by atoms with van der Waals surface area (Å²) in [6, 6.07) is 2.05. The molecule has 1 saturated heterocycles. The number of aryl methyl sites for hydroxylation is 1. The second kappa shape index (κ2) is 8.12. The van der Waals surface area contributed by atoms with Gasteiger partial charge in [-0.25, -0.2) is 0 Å². The highest BCUT2D eigenvalue weighted by Crippen LogP contribution is 2.22. The fourth-order valence-electron chi connectivity index (χ4n) is 2.36. The van der Waals surface area contributed by atoms with Crippen LogP contribution in [-0.4, -0.2) is 37.4 Å². The maximum atomic E-state index is 11.8. The van der Waals surface area contributed by atoms with Gasteiger partial charge in [-0.15, -0.1) is 11.3 Å². The van der Waals surface area contributed by atoms with Crippen LogP contribution < -0.4 is 5.32 Å². The Bertz CT molecular complexity index is 432. The minimum Gasteiger partial charge on any atom is -0.396 e. The van der Waals surface area contributed by atoms with E-state index < -0.39 is 0 Å². The second-order valence-corrected chi connectivity index (χ2v) is 7.01. The van der Waals surface area contributed by atoms with Gasteiger partial charge in [-0.1, -0.05) is 0 Å². The van der Waals surface area contributed by atoms with Crippen LogP contribution in [0.3, 0.4) is 0 Å². The van der Waals surface area contributed by atoms with Gasteiger partial charge in [-0.05, 0) is 40.8 Å². The van der Waals surface area contributed by atoms with E-state index in [0.29, 0.717) is 25.5 Å². The number of carbonyl (C=O) groups excluding carboxylic acids is 1. The lowest BCUT2D eigenvalue weighted by Gasteiger charge is -2.20. The first-order valence-corrected chi connectivity index (χ1v) is 8.54. The average molecular weight is 362 g/mol. The predicted octanol–water partition coefficient (Wildman–Crippen LogP) is 2.20. The molecule has 1 amide bonds. The summed E-state index contributed by atoms with van der Waals surface area (Å²) in [4.78, 5) is 13.0. The molecule has 2 heterocycles. The zero-order chi connectivity index (χ0) is 14.4. The SMILES string of the molecule is O=C(CCc1cc(Br)cs1)NC[C@@H](CO)[C@@H]1CCOC1.